The highest BCUT2D eigenvalue weighted by molar-refractivity contribution is 5.76. The van der Waals surface area contributed by atoms with E-state index in [0.717, 1.165) is 70.6 Å². The first kappa shape index (κ1) is 79.0. The largest absolute Gasteiger partial charge is 0.394 e. The van der Waals surface area contributed by atoms with Crippen molar-refractivity contribution >= 4 is 5.91 Å². The number of aliphatic hydroxyl groups excluding tert-OH is 8. The van der Waals surface area contributed by atoms with E-state index in [1.165, 1.54) is 154 Å². The lowest BCUT2D eigenvalue weighted by Crippen LogP contribution is -2.65. The van der Waals surface area contributed by atoms with E-state index in [1.807, 2.05) is 6.08 Å². The lowest BCUT2D eigenvalue weighted by Gasteiger charge is -2.46. The molecule has 0 radical (unpaired) electrons. The van der Waals surface area contributed by atoms with Crippen LogP contribution in [0.2, 0.25) is 0 Å². The smallest absolute Gasteiger partial charge is 0.220 e. The summed E-state index contributed by atoms with van der Waals surface area (Å²) in [5.74, 6) is -0.250. The van der Waals surface area contributed by atoms with Crippen molar-refractivity contribution in [2.24, 2.45) is 0 Å². The maximum atomic E-state index is 13.3. The quantitative estimate of drug-likeness (QED) is 0.0204. The third-order valence-electron chi connectivity index (χ3n) is 16.3. The SMILES string of the molecule is CC/C=C\C/C=C\C/C=C\C/C=C\C/C=C\C/C=C\CCCCCCCCCCCCCCCCCCC(=O)NC(COC1OC(CO)C(OC2OC(CO)C(O)C(O)C2O)C(O)C1O)C(O)/C=C/CC/C=C/CCCCCCCCCCCCC. The van der Waals surface area contributed by atoms with Gasteiger partial charge in [-0.15, -0.1) is 0 Å². The van der Waals surface area contributed by atoms with Crippen LogP contribution in [0.15, 0.2) is 97.2 Å². The number of rotatable bonds is 55. The highest BCUT2D eigenvalue weighted by atomic mass is 16.7. The maximum absolute atomic E-state index is 13.3. The second kappa shape index (κ2) is 55.9. The summed E-state index contributed by atoms with van der Waals surface area (Å²) < 4.78 is 22.8. The Balaban J connectivity index is 1.64. The molecule has 2 aliphatic heterocycles. The minimum Gasteiger partial charge on any atom is -0.394 e. The fourth-order valence-electron chi connectivity index (χ4n) is 10.8. The molecule has 2 aliphatic rings. The van der Waals surface area contributed by atoms with E-state index < -0.39 is 86.8 Å². The molecule has 0 aromatic rings. The summed E-state index contributed by atoms with van der Waals surface area (Å²) in [6.07, 6.45) is 61.8. The van der Waals surface area contributed by atoms with Gasteiger partial charge in [0.1, 0.15) is 48.8 Å². The van der Waals surface area contributed by atoms with E-state index in [0.29, 0.717) is 12.8 Å². The fraction of sp³-hybridized carbons (Fsp3) is 0.764. The zero-order chi connectivity index (χ0) is 62.3. The molecule has 9 N–H and O–H groups in total. The van der Waals surface area contributed by atoms with Crippen LogP contribution in [0.3, 0.4) is 0 Å². The Morgan fingerprint density at radius 1 is 0.430 bits per heavy atom. The minimum atomic E-state index is -1.79. The molecule has 2 saturated heterocycles. The Hall–Kier alpha value is -3.09. The number of unbranched alkanes of at least 4 members (excludes halogenated alkanes) is 28. The van der Waals surface area contributed by atoms with Gasteiger partial charge in [-0.1, -0.05) is 265 Å². The van der Waals surface area contributed by atoms with Crippen molar-refractivity contribution in [2.75, 3.05) is 19.8 Å². The zero-order valence-corrected chi connectivity index (χ0v) is 53.8. The molecule has 0 aliphatic carbocycles. The van der Waals surface area contributed by atoms with Gasteiger partial charge >= 0.3 is 0 Å². The van der Waals surface area contributed by atoms with Crippen molar-refractivity contribution in [3.63, 3.8) is 0 Å². The number of amides is 1. The highest BCUT2D eigenvalue weighted by Gasteiger charge is 2.51. The molecule has 0 aromatic carbocycles. The van der Waals surface area contributed by atoms with E-state index in [2.05, 4.69) is 104 Å². The van der Waals surface area contributed by atoms with Gasteiger partial charge in [0.2, 0.25) is 5.91 Å². The van der Waals surface area contributed by atoms with Crippen molar-refractivity contribution in [3.05, 3.63) is 97.2 Å². The van der Waals surface area contributed by atoms with E-state index in [4.69, 9.17) is 18.9 Å². The van der Waals surface area contributed by atoms with Gasteiger partial charge in [-0.25, -0.2) is 0 Å². The molecule has 12 atom stereocenters. The Labute approximate surface area is 522 Å². The van der Waals surface area contributed by atoms with Crippen LogP contribution in [0.1, 0.15) is 258 Å². The van der Waals surface area contributed by atoms with E-state index >= 15 is 0 Å². The molecule has 0 saturated carbocycles. The first-order valence-corrected chi connectivity index (χ1v) is 34.5. The number of hydrogen-bond acceptors (Lipinski definition) is 13. The van der Waals surface area contributed by atoms with Crippen LogP contribution in [0.5, 0.6) is 0 Å². The van der Waals surface area contributed by atoms with Crippen LogP contribution in [-0.2, 0) is 23.7 Å². The monoisotopic (exact) mass is 1210 g/mol. The second-order valence-corrected chi connectivity index (χ2v) is 23.9. The Kier molecular flexibility index (Phi) is 51.4. The topological polar surface area (TPSA) is 228 Å². The van der Waals surface area contributed by atoms with Crippen molar-refractivity contribution < 1.29 is 64.6 Å². The summed E-state index contributed by atoms with van der Waals surface area (Å²) in [6, 6.07) is -0.936. The van der Waals surface area contributed by atoms with Crippen molar-refractivity contribution in [3.8, 4) is 0 Å². The van der Waals surface area contributed by atoms with E-state index in [-0.39, 0.29) is 18.9 Å². The van der Waals surface area contributed by atoms with Crippen LogP contribution in [0, 0.1) is 0 Å². The summed E-state index contributed by atoms with van der Waals surface area (Å²) in [7, 11) is 0. The summed E-state index contributed by atoms with van der Waals surface area (Å²) in [4.78, 5) is 13.3. The summed E-state index contributed by atoms with van der Waals surface area (Å²) in [5.41, 5.74) is 0. The van der Waals surface area contributed by atoms with Gasteiger partial charge in [-0.2, -0.15) is 0 Å². The first-order chi connectivity index (χ1) is 42.1. The number of ether oxygens (including phenoxy) is 4. The average Bonchev–Trinajstić information content (AvgIpc) is 2.46. The normalized spacial score (nSPS) is 24.0. The maximum Gasteiger partial charge on any atom is 0.220 e. The zero-order valence-electron chi connectivity index (χ0n) is 53.8. The van der Waals surface area contributed by atoms with Gasteiger partial charge in [0, 0.05) is 6.42 Å². The molecular weight excluding hydrogens is 1090 g/mol. The van der Waals surface area contributed by atoms with Gasteiger partial charge in [-0.3, -0.25) is 4.79 Å². The van der Waals surface area contributed by atoms with Crippen LogP contribution in [0.25, 0.3) is 0 Å². The molecule has 0 bridgehead atoms. The molecule has 12 unspecified atom stereocenters. The van der Waals surface area contributed by atoms with Crippen LogP contribution in [-0.4, -0.2) is 140 Å². The molecule has 86 heavy (non-hydrogen) atoms. The molecule has 2 rings (SSSR count). The number of nitrogens with one attached hydrogen (secondary N) is 1. The predicted molar refractivity (Wildman–Crippen MR) is 350 cm³/mol. The Bertz CT molecular complexity index is 1810. The molecule has 1 amide bonds. The summed E-state index contributed by atoms with van der Waals surface area (Å²) >= 11 is 0. The molecule has 496 valence electrons. The number of carbonyl (C=O) groups is 1. The summed E-state index contributed by atoms with van der Waals surface area (Å²) in [5, 5.41) is 87.3. The molecule has 14 heteroatoms. The molecule has 2 fully saturated rings. The fourth-order valence-corrected chi connectivity index (χ4v) is 10.8. The lowest BCUT2D eigenvalue weighted by atomic mass is 9.97. The van der Waals surface area contributed by atoms with Crippen LogP contribution < -0.4 is 5.32 Å². The van der Waals surface area contributed by atoms with Gasteiger partial charge in [0.15, 0.2) is 12.6 Å². The van der Waals surface area contributed by atoms with Gasteiger partial charge in [0.25, 0.3) is 0 Å². The van der Waals surface area contributed by atoms with Gasteiger partial charge in [-0.05, 0) is 83.5 Å². The minimum absolute atomic E-state index is 0.250. The Morgan fingerprint density at radius 3 is 1.28 bits per heavy atom. The van der Waals surface area contributed by atoms with Crippen molar-refractivity contribution in [1.82, 2.24) is 5.32 Å². The third kappa shape index (κ3) is 39.8. The predicted octanol–water partition coefficient (Wildman–Crippen LogP) is 13.8. The number of carbonyl (C=O) groups excluding carboxylic acids is 1. The number of allylic oxidation sites excluding steroid dienone is 15. The molecule has 0 spiro atoms. The molecular formula is C72H125NO13. The molecule has 2 heterocycles. The van der Waals surface area contributed by atoms with Crippen molar-refractivity contribution in [2.45, 2.75) is 331 Å². The van der Waals surface area contributed by atoms with Crippen LogP contribution >= 0.6 is 0 Å². The van der Waals surface area contributed by atoms with Gasteiger partial charge in [0.05, 0.1) is 32.0 Å². The van der Waals surface area contributed by atoms with Crippen molar-refractivity contribution in [1.29, 1.82) is 0 Å². The number of hydrogen-bond donors (Lipinski definition) is 9. The second-order valence-electron chi connectivity index (χ2n) is 23.9. The lowest BCUT2D eigenvalue weighted by molar-refractivity contribution is -0.359. The standard InChI is InChI=1S/C72H125NO13/c1-3-5-7-9-11-13-15-17-19-21-22-23-24-25-26-27-28-29-30-31-32-33-34-35-36-37-38-40-42-44-46-48-50-52-54-56-64(77)73-60(61(76)55-53-51-49-47-45-43-41-39-20-18-16-14-12-10-8-6-4-2)59-83-71-69(82)67(80)70(63(58-75)85-71)86-72-68(81)66(79)65(78)62(57-74)84-72/h5,7,11,13,17,19,22-23,25-26,28-29,45,47,53,55,60-63,65-72,74-76,78-82H,3-4,6,8-10,12,14-16,18,20-21,24,27,30-44,46,48-52,54,56-59H2,1-2H3,(H,73,77)/b7-5-,13-11-,19-17-,23-22-,26-25-,29-28-,47-45+,55-53+. The van der Waals surface area contributed by atoms with Gasteiger partial charge < -0.3 is 65.1 Å². The van der Waals surface area contributed by atoms with E-state index in [1.54, 1.807) is 6.08 Å². The highest BCUT2D eigenvalue weighted by Crippen LogP contribution is 2.30. The first-order valence-electron chi connectivity index (χ1n) is 34.5. The average molecular weight is 1210 g/mol. The summed E-state index contributed by atoms with van der Waals surface area (Å²) in [6.45, 7) is 2.67. The Morgan fingerprint density at radius 2 is 0.814 bits per heavy atom. The third-order valence-corrected chi connectivity index (χ3v) is 16.3. The number of aliphatic hydroxyl groups is 8. The molecule has 0 aromatic heterocycles. The van der Waals surface area contributed by atoms with E-state index in [9.17, 15) is 45.6 Å². The molecule has 14 nitrogen and oxygen atoms in total. The van der Waals surface area contributed by atoms with Crippen LogP contribution in [0.4, 0.5) is 0 Å².